The Labute approximate surface area is 160 Å². The van der Waals surface area contributed by atoms with Gasteiger partial charge in [-0.1, -0.05) is 26.0 Å². The van der Waals surface area contributed by atoms with E-state index in [4.69, 9.17) is 9.90 Å². The number of carbonyl (C=O) groups is 3. The molecule has 1 amide bonds. The Balaban J connectivity index is 0.000000887. The van der Waals surface area contributed by atoms with Crippen molar-refractivity contribution in [3.8, 4) is 0 Å². The van der Waals surface area contributed by atoms with Crippen LogP contribution in [0.3, 0.4) is 0 Å². The van der Waals surface area contributed by atoms with E-state index in [1.165, 1.54) is 6.92 Å². The maximum atomic E-state index is 11.4. The van der Waals surface area contributed by atoms with Gasteiger partial charge in [-0.25, -0.2) is 4.79 Å². The number of allylic oxidation sites excluding steroid dienone is 1. The summed E-state index contributed by atoms with van der Waals surface area (Å²) >= 11 is 0. The van der Waals surface area contributed by atoms with Crippen LogP contribution >= 0.6 is 0 Å². The average molecular weight is 412 g/mol. The third kappa shape index (κ3) is 8.26. The zero-order valence-electron chi connectivity index (χ0n) is 16.0. The molecule has 0 saturated carbocycles. The van der Waals surface area contributed by atoms with Crippen molar-refractivity contribution in [3.05, 3.63) is 12.2 Å². The molecule has 0 bridgehead atoms. The monoisotopic (exact) mass is 412 g/mol. The molecule has 5 N–H and O–H groups in total. The highest BCUT2D eigenvalue weighted by Gasteiger charge is 2.43. The van der Waals surface area contributed by atoms with Crippen LogP contribution in [0.5, 0.6) is 0 Å². The van der Waals surface area contributed by atoms with Crippen LogP contribution in [0.15, 0.2) is 12.2 Å². The zero-order chi connectivity index (χ0) is 22.2. The van der Waals surface area contributed by atoms with Gasteiger partial charge in [0.1, 0.15) is 6.04 Å². The molecule has 28 heavy (non-hydrogen) atoms. The Morgan fingerprint density at radius 2 is 1.71 bits per heavy atom. The van der Waals surface area contributed by atoms with Gasteiger partial charge in [-0.3, -0.25) is 14.9 Å². The summed E-state index contributed by atoms with van der Waals surface area (Å²) in [7, 11) is 0. The number of hydrogen-bond donors (Lipinski definition) is 5. The third-order valence-electron chi connectivity index (χ3n) is 4.15. The van der Waals surface area contributed by atoms with Crippen LogP contribution in [0, 0.1) is 11.8 Å². The van der Waals surface area contributed by atoms with E-state index in [0.717, 1.165) is 0 Å². The number of rotatable bonds is 6. The lowest BCUT2D eigenvalue weighted by Gasteiger charge is -2.33. The number of carboxylic acid groups (broad SMARTS) is 2. The fourth-order valence-corrected chi connectivity index (χ4v) is 2.87. The van der Waals surface area contributed by atoms with Crippen LogP contribution in [-0.4, -0.2) is 63.6 Å². The Morgan fingerprint density at radius 1 is 1.21 bits per heavy atom. The number of aliphatic hydroxyl groups excluding tert-OH is 1. The quantitative estimate of drug-likeness (QED) is 0.413. The Kier molecular flexibility index (Phi) is 10.2. The molecular weight excluding hydrogens is 385 g/mol. The summed E-state index contributed by atoms with van der Waals surface area (Å²) in [5, 5.41) is 32.5. The lowest BCUT2D eigenvalue weighted by Crippen LogP contribution is -2.57. The van der Waals surface area contributed by atoms with Crippen LogP contribution in [0.1, 0.15) is 34.1 Å². The van der Waals surface area contributed by atoms with E-state index >= 15 is 0 Å². The molecule has 1 aliphatic rings. The molecule has 11 heteroatoms. The van der Waals surface area contributed by atoms with Gasteiger partial charge in [0.15, 0.2) is 0 Å². The number of amides is 1. The summed E-state index contributed by atoms with van der Waals surface area (Å²) in [6.45, 7) is 7.01. The molecule has 1 fully saturated rings. The summed E-state index contributed by atoms with van der Waals surface area (Å²) in [6.07, 6.45) is -1.57. The van der Waals surface area contributed by atoms with Gasteiger partial charge in [0, 0.05) is 13.0 Å². The smallest absolute Gasteiger partial charge is 0.480 e. The second-order valence-electron chi connectivity index (χ2n) is 6.77. The molecule has 0 spiro atoms. The molecule has 0 aromatic rings. The molecule has 1 aliphatic heterocycles. The first-order chi connectivity index (χ1) is 12.7. The van der Waals surface area contributed by atoms with E-state index in [-0.39, 0.29) is 23.8 Å². The van der Waals surface area contributed by atoms with Gasteiger partial charge in [-0.2, -0.15) is 13.2 Å². The SMILES string of the molecule is C/C=C\[C@@H]1C[C@H](C(=O)O)N[C@H]1[C@@H](NC(C)=O)[C@@H](O)C(C)C.O=C(O)C(F)(F)F. The number of carboxylic acids is 2. The van der Waals surface area contributed by atoms with Crippen LogP contribution in [0.4, 0.5) is 13.2 Å². The van der Waals surface area contributed by atoms with Crippen molar-refractivity contribution in [2.45, 2.75) is 64.5 Å². The van der Waals surface area contributed by atoms with Gasteiger partial charge in [0.05, 0.1) is 12.1 Å². The molecule has 5 atom stereocenters. The predicted molar refractivity (Wildman–Crippen MR) is 93.4 cm³/mol. The van der Waals surface area contributed by atoms with Gasteiger partial charge in [0.2, 0.25) is 5.91 Å². The lowest BCUT2D eigenvalue weighted by molar-refractivity contribution is -0.192. The standard InChI is InChI=1S/C15H26N2O4.C2HF3O2/c1-5-6-10-7-11(15(20)21)17-12(10)13(16-9(4)18)14(19)8(2)3;3-2(4,5)1(6)7/h5-6,8,10-14,17,19H,7H2,1-4H3,(H,16,18)(H,20,21);(H,6,7)/b6-5-;/t10-,11-,12-,13-,14+;/m1./s1. The Bertz CT molecular complexity index is 580. The van der Waals surface area contributed by atoms with Crippen molar-refractivity contribution < 1.29 is 42.9 Å². The maximum absolute atomic E-state index is 11.4. The second-order valence-corrected chi connectivity index (χ2v) is 6.77. The minimum atomic E-state index is -5.08. The topological polar surface area (TPSA) is 136 Å². The Morgan fingerprint density at radius 3 is 2.04 bits per heavy atom. The predicted octanol–water partition coefficient (Wildman–Crippen LogP) is 1.15. The zero-order valence-corrected chi connectivity index (χ0v) is 16.0. The molecule has 162 valence electrons. The highest BCUT2D eigenvalue weighted by Crippen LogP contribution is 2.27. The molecule has 0 aliphatic carbocycles. The first kappa shape index (κ1) is 25.9. The molecular formula is C17H27F3N2O6. The highest BCUT2D eigenvalue weighted by atomic mass is 19.4. The van der Waals surface area contributed by atoms with Gasteiger partial charge in [-0.05, 0) is 25.2 Å². The van der Waals surface area contributed by atoms with Gasteiger partial charge in [-0.15, -0.1) is 0 Å². The largest absolute Gasteiger partial charge is 0.490 e. The molecule has 0 aromatic heterocycles. The number of aliphatic hydroxyl groups is 1. The molecule has 1 rings (SSSR count). The fourth-order valence-electron chi connectivity index (χ4n) is 2.87. The number of halogens is 3. The van der Waals surface area contributed by atoms with Crippen molar-refractivity contribution in [2.75, 3.05) is 0 Å². The number of hydrogen-bond acceptors (Lipinski definition) is 5. The van der Waals surface area contributed by atoms with Crippen molar-refractivity contribution in [2.24, 2.45) is 11.8 Å². The summed E-state index contributed by atoms with van der Waals surface area (Å²) < 4.78 is 31.7. The van der Waals surface area contributed by atoms with E-state index in [1.807, 2.05) is 32.9 Å². The van der Waals surface area contributed by atoms with Crippen molar-refractivity contribution >= 4 is 17.8 Å². The molecule has 0 radical (unpaired) electrons. The summed E-state index contributed by atoms with van der Waals surface area (Å²) in [5.41, 5.74) is 0. The van der Waals surface area contributed by atoms with E-state index in [2.05, 4.69) is 10.6 Å². The van der Waals surface area contributed by atoms with Crippen LogP contribution < -0.4 is 10.6 Å². The van der Waals surface area contributed by atoms with Crippen molar-refractivity contribution in [3.63, 3.8) is 0 Å². The van der Waals surface area contributed by atoms with Crippen LogP contribution in [-0.2, 0) is 14.4 Å². The molecule has 1 heterocycles. The van der Waals surface area contributed by atoms with E-state index in [1.54, 1.807) is 0 Å². The van der Waals surface area contributed by atoms with Gasteiger partial charge in [0.25, 0.3) is 0 Å². The normalized spacial score (nSPS) is 24.4. The highest BCUT2D eigenvalue weighted by molar-refractivity contribution is 5.75. The average Bonchev–Trinajstić information content (AvgIpc) is 2.95. The van der Waals surface area contributed by atoms with E-state index in [9.17, 15) is 33.0 Å². The first-order valence-corrected chi connectivity index (χ1v) is 8.59. The number of aliphatic carboxylic acids is 2. The Hall–Kier alpha value is -2.14. The summed E-state index contributed by atoms with van der Waals surface area (Å²) in [5.74, 6) is -3.99. The van der Waals surface area contributed by atoms with Crippen molar-refractivity contribution in [1.29, 1.82) is 0 Å². The number of carbonyl (C=O) groups excluding carboxylic acids is 1. The van der Waals surface area contributed by atoms with Crippen LogP contribution in [0.25, 0.3) is 0 Å². The lowest BCUT2D eigenvalue weighted by atomic mass is 9.86. The van der Waals surface area contributed by atoms with Crippen molar-refractivity contribution in [1.82, 2.24) is 10.6 Å². The first-order valence-electron chi connectivity index (χ1n) is 8.59. The van der Waals surface area contributed by atoms with Gasteiger partial charge >= 0.3 is 18.1 Å². The minimum Gasteiger partial charge on any atom is -0.480 e. The van der Waals surface area contributed by atoms with E-state index in [0.29, 0.717) is 6.42 Å². The summed E-state index contributed by atoms with van der Waals surface area (Å²) in [6, 6.07) is -1.48. The number of nitrogens with one attached hydrogen (secondary N) is 2. The summed E-state index contributed by atoms with van der Waals surface area (Å²) in [4.78, 5) is 31.5. The molecule has 1 saturated heterocycles. The van der Waals surface area contributed by atoms with Gasteiger partial charge < -0.3 is 20.6 Å². The minimum absolute atomic E-state index is 0.0404. The fraction of sp³-hybridized carbons (Fsp3) is 0.706. The van der Waals surface area contributed by atoms with Crippen LogP contribution in [0.2, 0.25) is 0 Å². The molecule has 0 unspecified atom stereocenters. The molecule has 0 aromatic carbocycles. The number of alkyl halides is 3. The maximum Gasteiger partial charge on any atom is 0.490 e. The third-order valence-corrected chi connectivity index (χ3v) is 4.15. The van der Waals surface area contributed by atoms with E-state index < -0.39 is 36.3 Å². The molecule has 8 nitrogen and oxygen atoms in total. The second kappa shape index (κ2) is 11.0.